The number of ether oxygens (including phenoxy) is 2. The van der Waals surface area contributed by atoms with Crippen molar-refractivity contribution in [3.05, 3.63) is 0 Å². The van der Waals surface area contributed by atoms with Gasteiger partial charge in [0.25, 0.3) is 0 Å². The Kier molecular flexibility index (Phi) is 22.4. The van der Waals surface area contributed by atoms with Crippen molar-refractivity contribution in [3.63, 3.8) is 0 Å². The van der Waals surface area contributed by atoms with Crippen LogP contribution in [0.3, 0.4) is 0 Å². The van der Waals surface area contributed by atoms with Gasteiger partial charge >= 0.3 is 11.9 Å². The molecule has 5 heteroatoms. The van der Waals surface area contributed by atoms with Gasteiger partial charge < -0.3 is 9.47 Å². The lowest BCUT2D eigenvalue weighted by molar-refractivity contribution is -0.157. The molecule has 0 saturated carbocycles. The smallest absolute Gasteiger partial charge is 0.306 e. The van der Waals surface area contributed by atoms with E-state index in [4.69, 9.17) is 9.47 Å². The summed E-state index contributed by atoms with van der Waals surface area (Å²) in [5, 5.41) is 0. The number of thiol groups is 1. The van der Waals surface area contributed by atoms with E-state index in [9.17, 15) is 9.59 Å². The highest BCUT2D eigenvalue weighted by molar-refractivity contribution is 7.80. The Bertz CT molecular complexity index is 401. The molecule has 1 atom stereocenters. The zero-order valence-electron chi connectivity index (χ0n) is 19.8. The summed E-state index contributed by atoms with van der Waals surface area (Å²) >= 11 is 4.22. The number of esters is 2. The van der Waals surface area contributed by atoms with Crippen LogP contribution in [0.15, 0.2) is 0 Å². The first kappa shape index (κ1) is 29.3. The molecule has 0 radical (unpaired) electrons. The number of unbranched alkanes of at least 4 members (excludes halogenated alkanes) is 14. The molecular formula is C25H48O4S. The predicted octanol–water partition coefficient (Wildman–Crippen LogP) is 7.43. The fourth-order valence-corrected chi connectivity index (χ4v) is 3.61. The first-order valence-corrected chi connectivity index (χ1v) is 13.2. The molecule has 0 aromatic heterocycles. The first-order chi connectivity index (χ1) is 14.6. The molecule has 178 valence electrons. The highest BCUT2D eigenvalue weighted by Gasteiger charge is 2.15. The molecule has 0 unspecified atom stereocenters. The molecule has 0 aliphatic heterocycles. The summed E-state index contributed by atoms with van der Waals surface area (Å²) in [7, 11) is 0. The summed E-state index contributed by atoms with van der Waals surface area (Å²) in [6, 6.07) is 0. The Labute approximate surface area is 191 Å². The molecule has 0 spiro atoms. The third kappa shape index (κ3) is 20.6. The van der Waals surface area contributed by atoms with Crippen LogP contribution in [0.5, 0.6) is 0 Å². The fraction of sp³-hybridized carbons (Fsp3) is 0.920. The molecule has 0 aliphatic rings. The fourth-order valence-electron chi connectivity index (χ4n) is 3.43. The third-order valence-corrected chi connectivity index (χ3v) is 5.81. The minimum Gasteiger partial charge on any atom is -0.462 e. The Morgan fingerprint density at radius 3 is 1.47 bits per heavy atom. The van der Waals surface area contributed by atoms with Gasteiger partial charge in [-0.1, -0.05) is 104 Å². The third-order valence-electron chi connectivity index (χ3n) is 5.40. The number of carbonyl (C=O) groups excluding carboxylic acids is 2. The quantitative estimate of drug-likeness (QED) is 0.107. The van der Waals surface area contributed by atoms with E-state index in [2.05, 4.69) is 26.5 Å². The van der Waals surface area contributed by atoms with Crippen molar-refractivity contribution in [2.45, 2.75) is 136 Å². The molecule has 0 aromatic carbocycles. The van der Waals surface area contributed by atoms with Crippen LogP contribution in [0.4, 0.5) is 0 Å². The van der Waals surface area contributed by atoms with Gasteiger partial charge in [-0.3, -0.25) is 9.59 Å². The number of hydrogen-bond acceptors (Lipinski definition) is 5. The highest BCUT2D eigenvalue weighted by atomic mass is 32.1. The second-order valence-corrected chi connectivity index (χ2v) is 8.79. The van der Waals surface area contributed by atoms with Crippen LogP contribution in [0.1, 0.15) is 129 Å². The molecule has 0 saturated heterocycles. The topological polar surface area (TPSA) is 52.6 Å². The summed E-state index contributed by atoms with van der Waals surface area (Å²) in [4.78, 5) is 23.8. The van der Waals surface area contributed by atoms with Gasteiger partial charge in [-0.25, -0.2) is 0 Å². The van der Waals surface area contributed by atoms with Gasteiger partial charge in [0.1, 0.15) is 12.7 Å². The Hall–Kier alpha value is -0.710. The summed E-state index contributed by atoms with van der Waals surface area (Å²) < 4.78 is 10.7. The van der Waals surface area contributed by atoms with Crippen molar-refractivity contribution < 1.29 is 19.1 Å². The van der Waals surface area contributed by atoms with E-state index in [0.29, 0.717) is 18.6 Å². The van der Waals surface area contributed by atoms with Crippen molar-refractivity contribution in [3.8, 4) is 0 Å². The van der Waals surface area contributed by atoms with E-state index in [-0.39, 0.29) is 18.5 Å². The molecule has 0 N–H and O–H groups in total. The largest absolute Gasteiger partial charge is 0.462 e. The van der Waals surface area contributed by atoms with E-state index in [0.717, 1.165) is 25.7 Å². The second kappa shape index (κ2) is 23.0. The van der Waals surface area contributed by atoms with Crippen LogP contribution in [0.2, 0.25) is 0 Å². The predicted molar refractivity (Wildman–Crippen MR) is 129 cm³/mol. The maximum Gasteiger partial charge on any atom is 0.306 e. The SMILES string of the molecule is CCCCCCCCCCCC(=O)OC[C@H](CS)OC(=O)CCCCCCCCC. The first-order valence-electron chi connectivity index (χ1n) is 12.6. The second-order valence-electron chi connectivity index (χ2n) is 8.43. The lowest BCUT2D eigenvalue weighted by Gasteiger charge is -2.16. The molecule has 0 fully saturated rings. The summed E-state index contributed by atoms with van der Waals surface area (Å²) in [5.74, 6) is -0.0425. The monoisotopic (exact) mass is 444 g/mol. The Morgan fingerprint density at radius 2 is 1.03 bits per heavy atom. The van der Waals surface area contributed by atoms with Crippen molar-refractivity contribution in [2.24, 2.45) is 0 Å². The molecule has 0 aliphatic carbocycles. The van der Waals surface area contributed by atoms with E-state index >= 15 is 0 Å². The summed E-state index contributed by atoms with van der Waals surface area (Å²) in [6.07, 6.45) is 19.6. The normalized spacial score (nSPS) is 12.0. The van der Waals surface area contributed by atoms with E-state index in [1.54, 1.807) is 0 Å². The molecule has 0 rings (SSSR count). The van der Waals surface area contributed by atoms with E-state index in [1.165, 1.54) is 77.0 Å². The van der Waals surface area contributed by atoms with Gasteiger partial charge in [0.15, 0.2) is 0 Å². The van der Waals surface area contributed by atoms with E-state index in [1.807, 2.05) is 0 Å². The number of hydrogen-bond donors (Lipinski definition) is 1. The molecule has 0 amide bonds. The molecule has 0 heterocycles. The maximum atomic E-state index is 12.0. The standard InChI is InChI=1S/C25H48O4S/c1-3-5-7-9-11-12-14-15-17-19-24(26)28-21-23(22-30)29-25(27)20-18-16-13-10-8-6-4-2/h23,30H,3-22H2,1-2H3/t23-/m1/s1. The van der Waals surface area contributed by atoms with Crippen LogP contribution in [-0.4, -0.2) is 30.4 Å². The Balaban J connectivity index is 3.63. The molecule has 30 heavy (non-hydrogen) atoms. The van der Waals surface area contributed by atoms with Crippen LogP contribution in [0.25, 0.3) is 0 Å². The lowest BCUT2D eigenvalue weighted by atomic mass is 10.1. The molecule has 0 bridgehead atoms. The molecule has 4 nitrogen and oxygen atoms in total. The lowest BCUT2D eigenvalue weighted by Crippen LogP contribution is -2.26. The van der Waals surface area contributed by atoms with E-state index < -0.39 is 6.10 Å². The summed E-state index contributed by atoms with van der Waals surface area (Å²) in [5.41, 5.74) is 0. The van der Waals surface area contributed by atoms with Crippen LogP contribution in [-0.2, 0) is 19.1 Å². The minimum atomic E-state index is -0.447. The average molecular weight is 445 g/mol. The Morgan fingerprint density at radius 1 is 0.633 bits per heavy atom. The number of rotatable bonds is 22. The van der Waals surface area contributed by atoms with Gasteiger partial charge in [-0.15, -0.1) is 0 Å². The number of carbonyl (C=O) groups is 2. The van der Waals surface area contributed by atoms with Crippen LogP contribution in [0, 0.1) is 0 Å². The van der Waals surface area contributed by atoms with Gasteiger partial charge in [0, 0.05) is 18.6 Å². The van der Waals surface area contributed by atoms with Crippen molar-refractivity contribution in [2.75, 3.05) is 12.4 Å². The zero-order chi connectivity index (χ0) is 22.3. The zero-order valence-corrected chi connectivity index (χ0v) is 20.7. The summed E-state index contributed by atoms with van der Waals surface area (Å²) in [6.45, 7) is 4.56. The van der Waals surface area contributed by atoms with Gasteiger partial charge in [0.2, 0.25) is 0 Å². The van der Waals surface area contributed by atoms with Gasteiger partial charge in [0.05, 0.1) is 0 Å². The van der Waals surface area contributed by atoms with Crippen molar-refractivity contribution in [1.29, 1.82) is 0 Å². The van der Waals surface area contributed by atoms with Crippen molar-refractivity contribution in [1.82, 2.24) is 0 Å². The molecular weight excluding hydrogens is 396 g/mol. The van der Waals surface area contributed by atoms with Crippen LogP contribution < -0.4 is 0 Å². The maximum absolute atomic E-state index is 12.0. The average Bonchev–Trinajstić information content (AvgIpc) is 2.74. The minimum absolute atomic E-state index is 0.114. The van der Waals surface area contributed by atoms with Crippen molar-refractivity contribution >= 4 is 24.6 Å². The van der Waals surface area contributed by atoms with Gasteiger partial charge in [-0.2, -0.15) is 12.6 Å². The molecule has 0 aromatic rings. The highest BCUT2D eigenvalue weighted by Crippen LogP contribution is 2.12. The van der Waals surface area contributed by atoms with Gasteiger partial charge in [-0.05, 0) is 12.8 Å². The van der Waals surface area contributed by atoms with Crippen LogP contribution >= 0.6 is 12.6 Å².